The highest BCUT2D eigenvalue weighted by atomic mass is 79.9. The van der Waals surface area contributed by atoms with E-state index >= 15 is 0 Å². The van der Waals surface area contributed by atoms with E-state index in [0.717, 1.165) is 0 Å². The second-order valence-electron chi connectivity index (χ2n) is 4.28. The summed E-state index contributed by atoms with van der Waals surface area (Å²) in [6.07, 6.45) is 9.51. The molecule has 1 aliphatic heterocycles. The average Bonchev–Trinajstić information content (AvgIpc) is 2.19. The third-order valence-corrected chi connectivity index (χ3v) is 11.1. The Morgan fingerprint density at radius 3 is 2.93 bits per heavy atom. The van der Waals surface area contributed by atoms with Gasteiger partial charge in [0.15, 0.2) is 0 Å². The summed E-state index contributed by atoms with van der Waals surface area (Å²) in [6.45, 7) is 0. The molecule has 0 bridgehead atoms. The van der Waals surface area contributed by atoms with Gasteiger partial charge in [0.1, 0.15) is 0 Å². The van der Waals surface area contributed by atoms with Gasteiger partial charge < -0.3 is 0 Å². The topological polar surface area (TPSA) is 0 Å². The molecule has 0 aromatic carbocycles. The normalized spacial score (nSPS) is 38.5. The van der Waals surface area contributed by atoms with E-state index < -0.39 is 8.46 Å². The third-order valence-electron chi connectivity index (χ3n) is 2.92. The molecule has 0 saturated carbocycles. The summed E-state index contributed by atoms with van der Waals surface area (Å²) in [5.41, 5.74) is 1.76. The molecule has 0 aromatic rings. The maximum absolute atomic E-state index is 4.05. The van der Waals surface area contributed by atoms with Crippen molar-refractivity contribution in [3.05, 3.63) is 11.6 Å². The Balaban J connectivity index is 1.90. The predicted octanol–water partition coefficient (Wildman–Crippen LogP) is 4.70. The number of hydrogen-bond acceptors (Lipinski definition) is 1. The number of allylic oxidation sites excluding steroid dienone is 1. The summed E-state index contributed by atoms with van der Waals surface area (Å²) in [5, 5.41) is 1.39. The zero-order valence-corrected chi connectivity index (χ0v) is 11.9. The highest BCUT2D eigenvalue weighted by Crippen LogP contribution is 2.61. The SMILES string of the molecule is BrS1(CC2=CCCCC2)CCCSC1. The van der Waals surface area contributed by atoms with E-state index in [1.807, 2.05) is 0 Å². The van der Waals surface area contributed by atoms with Crippen molar-refractivity contribution < 1.29 is 0 Å². The van der Waals surface area contributed by atoms with Crippen molar-refractivity contribution in [1.82, 2.24) is 0 Å². The molecule has 1 atom stereocenters. The molecule has 0 spiro atoms. The van der Waals surface area contributed by atoms with Crippen LogP contribution < -0.4 is 0 Å². The maximum atomic E-state index is 4.05. The van der Waals surface area contributed by atoms with E-state index in [4.69, 9.17) is 0 Å². The van der Waals surface area contributed by atoms with Crippen molar-refractivity contribution >= 4 is 35.0 Å². The van der Waals surface area contributed by atoms with Crippen molar-refractivity contribution in [1.29, 1.82) is 0 Å². The van der Waals surface area contributed by atoms with Crippen LogP contribution in [0.2, 0.25) is 0 Å². The fourth-order valence-corrected chi connectivity index (χ4v) is 9.66. The zero-order chi connectivity index (χ0) is 9.86. The van der Waals surface area contributed by atoms with Gasteiger partial charge in [-0.1, -0.05) is 11.6 Å². The van der Waals surface area contributed by atoms with E-state index in [-0.39, 0.29) is 0 Å². The first-order chi connectivity index (χ1) is 6.79. The molecule has 1 saturated heterocycles. The lowest BCUT2D eigenvalue weighted by Crippen LogP contribution is -2.13. The summed E-state index contributed by atoms with van der Waals surface area (Å²) in [7, 11) is -0.433. The highest BCUT2D eigenvalue weighted by molar-refractivity contribution is 9.58. The average molecular weight is 295 g/mol. The van der Waals surface area contributed by atoms with Crippen LogP contribution in [0, 0.1) is 0 Å². The molecule has 2 aliphatic rings. The largest absolute Gasteiger partial charge is 0.170 e. The Morgan fingerprint density at radius 2 is 2.29 bits per heavy atom. The van der Waals surface area contributed by atoms with Crippen LogP contribution in [-0.4, -0.2) is 22.3 Å². The first-order valence-electron chi connectivity index (χ1n) is 5.50. The molecule has 1 unspecified atom stereocenters. The summed E-state index contributed by atoms with van der Waals surface area (Å²) in [6, 6.07) is 0. The Labute approximate surface area is 101 Å². The summed E-state index contributed by atoms with van der Waals surface area (Å²) < 4.78 is 0. The van der Waals surface area contributed by atoms with Crippen molar-refractivity contribution in [2.45, 2.75) is 32.1 Å². The van der Waals surface area contributed by atoms with Crippen LogP contribution >= 0.6 is 35.0 Å². The fraction of sp³-hybridized carbons (Fsp3) is 0.818. The van der Waals surface area contributed by atoms with Gasteiger partial charge in [-0.05, 0) is 58.4 Å². The van der Waals surface area contributed by atoms with Gasteiger partial charge in [0.05, 0.1) is 0 Å². The van der Waals surface area contributed by atoms with E-state index in [1.54, 1.807) is 5.57 Å². The molecule has 1 aliphatic carbocycles. The Bertz CT molecular complexity index is 219. The standard InChI is InChI=1S/C11H19BrS2/c12-14(8-4-7-13-10-14)9-11-5-2-1-3-6-11/h5H,1-4,6-10H2. The van der Waals surface area contributed by atoms with E-state index in [9.17, 15) is 0 Å². The quantitative estimate of drug-likeness (QED) is 0.666. The van der Waals surface area contributed by atoms with Gasteiger partial charge in [0.2, 0.25) is 0 Å². The minimum absolute atomic E-state index is 0.433. The summed E-state index contributed by atoms with van der Waals surface area (Å²) in [4.78, 5) is 0. The van der Waals surface area contributed by atoms with Crippen LogP contribution in [0.1, 0.15) is 32.1 Å². The van der Waals surface area contributed by atoms with Crippen LogP contribution in [0.3, 0.4) is 0 Å². The smallest absolute Gasteiger partial charge is 0.0326 e. The predicted molar refractivity (Wildman–Crippen MR) is 74.7 cm³/mol. The number of rotatable bonds is 2. The second-order valence-corrected chi connectivity index (χ2v) is 12.7. The van der Waals surface area contributed by atoms with Crippen LogP contribution in [0.25, 0.3) is 0 Å². The third kappa shape index (κ3) is 3.21. The van der Waals surface area contributed by atoms with E-state index in [0.29, 0.717) is 0 Å². The monoisotopic (exact) mass is 294 g/mol. The van der Waals surface area contributed by atoms with Gasteiger partial charge in [-0.3, -0.25) is 0 Å². The Morgan fingerprint density at radius 1 is 1.36 bits per heavy atom. The minimum Gasteiger partial charge on any atom is -0.170 e. The second kappa shape index (κ2) is 5.31. The number of hydrogen-bond donors (Lipinski definition) is 0. The van der Waals surface area contributed by atoms with Gasteiger partial charge in [0, 0.05) is 10.8 Å². The van der Waals surface area contributed by atoms with Gasteiger partial charge in [-0.25, -0.2) is 0 Å². The molecule has 1 fully saturated rings. The molecule has 82 valence electrons. The Kier molecular flexibility index (Phi) is 4.33. The van der Waals surface area contributed by atoms with Crippen LogP contribution in [-0.2, 0) is 0 Å². The van der Waals surface area contributed by atoms with Crippen molar-refractivity contribution in [2.75, 3.05) is 22.3 Å². The van der Waals surface area contributed by atoms with Crippen LogP contribution in [0.15, 0.2) is 11.6 Å². The van der Waals surface area contributed by atoms with Crippen LogP contribution in [0.5, 0.6) is 0 Å². The van der Waals surface area contributed by atoms with E-state index in [1.165, 1.54) is 54.4 Å². The lowest BCUT2D eigenvalue weighted by Gasteiger charge is -2.38. The molecule has 0 radical (unpaired) electrons. The summed E-state index contributed by atoms with van der Waals surface area (Å²) in [5.74, 6) is 4.23. The molecular formula is C11H19BrS2. The van der Waals surface area contributed by atoms with Crippen LogP contribution in [0.4, 0.5) is 0 Å². The molecule has 2 rings (SSSR count). The van der Waals surface area contributed by atoms with Crippen molar-refractivity contribution in [3.63, 3.8) is 0 Å². The zero-order valence-electron chi connectivity index (χ0n) is 8.64. The van der Waals surface area contributed by atoms with Crippen molar-refractivity contribution in [2.24, 2.45) is 0 Å². The molecule has 1 heterocycles. The number of thioether (sulfide) groups is 1. The van der Waals surface area contributed by atoms with Gasteiger partial charge in [-0.2, -0.15) is 20.2 Å². The fourth-order valence-electron chi connectivity index (χ4n) is 2.17. The number of halogens is 1. The first kappa shape index (κ1) is 11.4. The van der Waals surface area contributed by atoms with E-state index in [2.05, 4.69) is 32.7 Å². The summed E-state index contributed by atoms with van der Waals surface area (Å²) >= 11 is 6.21. The maximum Gasteiger partial charge on any atom is 0.0326 e. The van der Waals surface area contributed by atoms with Gasteiger partial charge in [-0.15, -0.1) is 0 Å². The molecule has 14 heavy (non-hydrogen) atoms. The molecular weight excluding hydrogens is 276 g/mol. The molecule has 0 aromatic heterocycles. The van der Waals surface area contributed by atoms with Gasteiger partial charge in [0.25, 0.3) is 0 Å². The highest BCUT2D eigenvalue weighted by Gasteiger charge is 2.25. The lowest BCUT2D eigenvalue weighted by molar-refractivity contribution is 0.703. The molecule has 3 heteroatoms. The molecule has 0 nitrogen and oxygen atoms in total. The Hall–Kier alpha value is 0.920. The first-order valence-corrected chi connectivity index (χ1v) is 10.6. The molecule has 0 N–H and O–H groups in total. The lowest BCUT2D eigenvalue weighted by atomic mass is 10.0. The minimum atomic E-state index is -0.433. The van der Waals surface area contributed by atoms with Gasteiger partial charge >= 0.3 is 0 Å². The van der Waals surface area contributed by atoms with Crippen molar-refractivity contribution in [3.8, 4) is 0 Å². The molecule has 0 amide bonds.